The Kier molecular flexibility index (Phi) is 5.77. The standard InChI is InChI=1S/C26H20N2O4S2/c1-15-25(34-16(2)27-15)23(29)21-22(20-9-6-14-33-20)28(26(31)24(21)30)17-10-12-19(13-11-17)32-18-7-4-3-5-8-18/h3-14,22,30H,1-2H3. The van der Waals surface area contributed by atoms with Crippen molar-refractivity contribution in [1.29, 1.82) is 0 Å². The van der Waals surface area contributed by atoms with Crippen molar-refractivity contribution in [2.24, 2.45) is 0 Å². The Morgan fingerprint density at radius 2 is 1.71 bits per heavy atom. The summed E-state index contributed by atoms with van der Waals surface area (Å²) in [5.74, 6) is -0.209. The monoisotopic (exact) mass is 488 g/mol. The van der Waals surface area contributed by atoms with Crippen LogP contribution in [0, 0.1) is 13.8 Å². The number of benzene rings is 2. The minimum atomic E-state index is -0.734. The predicted molar refractivity (Wildman–Crippen MR) is 133 cm³/mol. The number of thiazole rings is 1. The molecule has 0 bridgehead atoms. The van der Waals surface area contributed by atoms with Crippen molar-refractivity contribution in [3.63, 3.8) is 0 Å². The van der Waals surface area contributed by atoms with Gasteiger partial charge in [0.2, 0.25) is 5.78 Å². The van der Waals surface area contributed by atoms with Crippen LogP contribution in [0.4, 0.5) is 5.69 Å². The number of ether oxygens (including phenoxy) is 1. The van der Waals surface area contributed by atoms with Crippen LogP contribution in [0.5, 0.6) is 11.5 Å². The second kappa shape index (κ2) is 8.89. The fourth-order valence-corrected chi connectivity index (χ4v) is 5.68. The Balaban J connectivity index is 1.52. The summed E-state index contributed by atoms with van der Waals surface area (Å²) >= 11 is 2.69. The summed E-state index contributed by atoms with van der Waals surface area (Å²) in [6, 6.07) is 19.4. The number of amides is 1. The highest BCUT2D eigenvalue weighted by molar-refractivity contribution is 7.14. The SMILES string of the molecule is Cc1nc(C)c(C(=O)C2=C(O)C(=O)N(c3ccc(Oc4ccccc4)cc3)C2c2cccs2)s1. The van der Waals surface area contributed by atoms with Gasteiger partial charge in [-0.3, -0.25) is 14.5 Å². The number of para-hydroxylation sites is 1. The first-order chi connectivity index (χ1) is 16.4. The molecule has 1 amide bonds. The summed E-state index contributed by atoms with van der Waals surface area (Å²) in [6.45, 7) is 3.58. The van der Waals surface area contributed by atoms with Crippen molar-refractivity contribution in [3.8, 4) is 11.5 Å². The average molecular weight is 489 g/mol. The number of ketones is 1. The van der Waals surface area contributed by atoms with Gasteiger partial charge in [0, 0.05) is 10.6 Å². The van der Waals surface area contributed by atoms with Crippen LogP contribution in [0.15, 0.2) is 83.4 Å². The van der Waals surface area contributed by atoms with E-state index >= 15 is 0 Å². The van der Waals surface area contributed by atoms with Gasteiger partial charge in [-0.25, -0.2) is 4.98 Å². The molecule has 8 heteroatoms. The molecule has 1 N–H and O–H groups in total. The number of nitrogens with zero attached hydrogens (tertiary/aromatic N) is 2. The number of carbonyl (C=O) groups is 2. The summed E-state index contributed by atoms with van der Waals surface area (Å²) in [7, 11) is 0. The number of anilines is 1. The molecule has 0 spiro atoms. The van der Waals surface area contributed by atoms with E-state index in [4.69, 9.17) is 4.74 Å². The van der Waals surface area contributed by atoms with Crippen molar-refractivity contribution in [2.45, 2.75) is 19.9 Å². The van der Waals surface area contributed by atoms with Gasteiger partial charge in [0.1, 0.15) is 17.5 Å². The molecule has 5 rings (SSSR count). The molecule has 1 aliphatic heterocycles. The highest BCUT2D eigenvalue weighted by Crippen LogP contribution is 2.44. The van der Waals surface area contributed by atoms with Crippen LogP contribution in [0.1, 0.15) is 31.3 Å². The zero-order valence-electron chi connectivity index (χ0n) is 18.4. The molecule has 0 aliphatic carbocycles. The molecule has 1 atom stereocenters. The quantitative estimate of drug-likeness (QED) is 0.318. The lowest BCUT2D eigenvalue weighted by molar-refractivity contribution is -0.117. The average Bonchev–Trinajstić information content (AvgIpc) is 3.54. The number of aliphatic hydroxyl groups is 1. The summed E-state index contributed by atoms with van der Waals surface area (Å²) in [5.41, 5.74) is 1.21. The molecular formula is C26H20N2O4S2. The molecule has 6 nitrogen and oxygen atoms in total. The summed E-state index contributed by atoms with van der Waals surface area (Å²) in [4.78, 5) is 33.8. The molecule has 170 valence electrons. The van der Waals surface area contributed by atoms with E-state index in [1.54, 1.807) is 31.2 Å². The van der Waals surface area contributed by atoms with E-state index in [1.807, 2.05) is 54.8 Å². The number of aryl methyl sites for hydroxylation is 2. The highest BCUT2D eigenvalue weighted by atomic mass is 32.1. The van der Waals surface area contributed by atoms with E-state index in [-0.39, 0.29) is 11.4 Å². The van der Waals surface area contributed by atoms with Gasteiger partial charge in [0.25, 0.3) is 5.91 Å². The van der Waals surface area contributed by atoms with E-state index < -0.39 is 17.7 Å². The molecule has 2 aromatic carbocycles. The second-order valence-electron chi connectivity index (χ2n) is 7.74. The number of aromatic nitrogens is 1. The van der Waals surface area contributed by atoms with E-state index in [2.05, 4.69) is 4.98 Å². The number of aliphatic hydroxyl groups excluding tert-OH is 1. The van der Waals surface area contributed by atoms with Gasteiger partial charge in [-0.05, 0) is 61.7 Å². The van der Waals surface area contributed by atoms with Gasteiger partial charge in [-0.2, -0.15) is 0 Å². The van der Waals surface area contributed by atoms with Crippen LogP contribution in [-0.4, -0.2) is 21.8 Å². The van der Waals surface area contributed by atoms with Crippen molar-refractivity contribution in [2.75, 3.05) is 4.90 Å². The van der Waals surface area contributed by atoms with Crippen LogP contribution < -0.4 is 9.64 Å². The Hall–Kier alpha value is -3.75. The first kappa shape index (κ1) is 22.1. The summed E-state index contributed by atoms with van der Waals surface area (Å²) in [5, 5.41) is 13.5. The summed E-state index contributed by atoms with van der Waals surface area (Å²) < 4.78 is 5.85. The first-order valence-corrected chi connectivity index (χ1v) is 12.3. The van der Waals surface area contributed by atoms with Gasteiger partial charge in [0.15, 0.2) is 5.76 Å². The van der Waals surface area contributed by atoms with Crippen LogP contribution in [0.3, 0.4) is 0 Å². The van der Waals surface area contributed by atoms with E-state index in [0.717, 1.165) is 9.88 Å². The van der Waals surface area contributed by atoms with E-state index in [1.165, 1.54) is 27.6 Å². The van der Waals surface area contributed by atoms with Crippen molar-refractivity contribution in [3.05, 3.63) is 104 Å². The Morgan fingerprint density at radius 3 is 2.32 bits per heavy atom. The molecule has 1 unspecified atom stereocenters. The fourth-order valence-electron chi connectivity index (χ4n) is 3.98. The molecular weight excluding hydrogens is 468 g/mol. The van der Waals surface area contributed by atoms with Crippen LogP contribution in [0.25, 0.3) is 0 Å². The van der Waals surface area contributed by atoms with Crippen LogP contribution in [0.2, 0.25) is 0 Å². The lowest BCUT2D eigenvalue weighted by atomic mass is 10.00. The topological polar surface area (TPSA) is 79.7 Å². The normalized spacial score (nSPS) is 15.8. The van der Waals surface area contributed by atoms with Gasteiger partial charge in [-0.15, -0.1) is 22.7 Å². The van der Waals surface area contributed by atoms with E-state index in [0.29, 0.717) is 27.8 Å². The Labute approximate surface area is 204 Å². The third kappa shape index (κ3) is 3.91. The fraction of sp³-hybridized carbons (Fsp3) is 0.115. The minimum Gasteiger partial charge on any atom is -0.503 e. The van der Waals surface area contributed by atoms with Gasteiger partial charge < -0.3 is 9.84 Å². The second-order valence-corrected chi connectivity index (χ2v) is 9.92. The molecule has 1 aliphatic rings. The number of carbonyl (C=O) groups excluding carboxylic acids is 2. The smallest absolute Gasteiger partial charge is 0.294 e. The lowest BCUT2D eigenvalue weighted by Crippen LogP contribution is -2.30. The number of Topliss-reactive ketones (excluding diaryl/α,β-unsaturated/α-hetero) is 1. The maximum absolute atomic E-state index is 13.5. The zero-order chi connectivity index (χ0) is 23.8. The molecule has 2 aromatic heterocycles. The molecule has 0 fully saturated rings. The minimum absolute atomic E-state index is 0.0730. The number of rotatable bonds is 6. The molecule has 34 heavy (non-hydrogen) atoms. The Bertz CT molecular complexity index is 1390. The predicted octanol–water partition coefficient (Wildman–Crippen LogP) is 6.40. The highest BCUT2D eigenvalue weighted by Gasteiger charge is 2.45. The molecule has 0 radical (unpaired) electrons. The molecule has 0 saturated heterocycles. The Morgan fingerprint density at radius 1 is 1.00 bits per heavy atom. The number of hydrogen-bond acceptors (Lipinski definition) is 7. The van der Waals surface area contributed by atoms with Crippen LogP contribution >= 0.6 is 22.7 Å². The van der Waals surface area contributed by atoms with Gasteiger partial charge in [-0.1, -0.05) is 24.3 Å². The maximum atomic E-state index is 13.5. The van der Waals surface area contributed by atoms with Crippen molar-refractivity contribution < 1.29 is 19.4 Å². The third-order valence-electron chi connectivity index (χ3n) is 5.47. The van der Waals surface area contributed by atoms with Crippen LogP contribution in [-0.2, 0) is 4.79 Å². The lowest BCUT2D eigenvalue weighted by Gasteiger charge is -2.25. The summed E-state index contributed by atoms with van der Waals surface area (Å²) in [6.07, 6.45) is 0. The number of hydrogen-bond donors (Lipinski definition) is 1. The third-order valence-corrected chi connectivity index (χ3v) is 7.47. The van der Waals surface area contributed by atoms with E-state index in [9.17, 15) is 14.7 Å². The van der Waals surface area contributed by atoms with Crippen molar-refractivity contribution in [1.82, 2.24) is 4.98 Å². The molecule has 0 saturated carbocycles. The number of thiophene rings is 1. The largest absolute Gasteiger partial charge is 0.503 e. The molecule has 3 heterocycles. The van der Waals surface area contributed by atoms with Crippen molar-refractivity contribution >= 4 is 40.1 Å². The maximum Gasteiger partial charge on any atom is 0.294 e. The molecule has 4 aromatic rings. The van der Waals surface area contributed by atoms with Gasteiger partial charge in [0.05, 0.1) is 21.2 Å². The van der Waals surface area contributed by atoms with Gasteiger partial charge >= 0.3 is 0 Å². The zero-order valence-corrected chi connectivity index (χ0v) is 20.0. The first-order valence-electron chi connectivity index (χ1n) is 10.6.